The second kappa shape index (κ2) is 9.69. The number of rotatable bonds is 7. The molecular formula is C25H20N4O4. The molecule has 164 valence electrons. The Balaban J connectivity index is 1.51. The van der Waals surface area contributed by atoms with Gasteiger partial charge in [0.1, 0.15) is 0 Å². The molecule has 33 heavy (non-hydrogen) atoms. The van der Waals surface area contributed by atoms with E-state index >= 15 is 0 Å². The number of para-hydroxylation sites is 2. The number of anilines is 1. The van der Waals surface area contributed by atoms with Crippen LogP contribution in [0, 0.1) is 0 Å². The number of esters is 1. The Morgan fingerprint density at radius 3 is 2.21 bits per heavy atom. The number of ether oxygens (including phenoxy) is 1. The molecule has 4 aromatic rings. The third kappa shape index (κ3) is 5.01. The molecule has 0 spiro atoms. The van der Waals surface area contributed by atoms with Crippen LogP contribution in [-0.4, -0.2) is 39.0 Å². The van der Waals surface area contributed by atoms with Crippen LogP contribution in [0.5, 0.6) is 0 Å². The van der Waals surface area contributed by atoms with Gasteiger partial charge in [0.05, 0.1) is 11.4 Å². The zero-order valence-corrected chi connectivity index (χ0v) is 17.8. The van der Waals surface area contributed by atoms with E-state index in [0.29, 0.717) is 17.1 Å². The summed E-state index contributed by atoms with van der Waals surface area (Å²) in [5.41, 5.74) is 2.21. The van der Waals surface area contributed by atoms with Crippen molar-refractivity contribution in [2.75, 3.05) is 11.9 Å². The van der Waals surface area contributed by atoms with Gasteiger partial charge in [0, 0.05) is 11.1 Å². The second-order valence-electron chi connectivity index (χ2n) is 7.10. The Morgan fingerprint density at radius 1 is 0.879 bits per heavy atom. The number of nitrogens with zero attached hydrogens (tertiary/aromatic N) is 3. The van der Waals surface area contributed by atoms with Gasteiger partial charge in [-0.1, -0.05) is 60.7 Å². The van der Waals surface area contributed by atoms with E-state index in [2.05, 4.69) is 15.4 Å². The Bertz CT molecular complexity index is 1240. The van der Waals surface area contributed by atoms with Crippen LogP contribution < -0.4 is 5.32 Å². The fraction of sp³-hybridized carbons (Fsp3) is 0.0800. The first kappa shape index (κ1) is 21.6. The van der Waals surface area contributed by atoms with Gasteiger partial charge >= 0.3 is 5.97 Å². The topological polar surface area (TPSA) is 103 Å². The van der Waals surface area contributed by atoms with Crippen LogP contribution in [0.25, 0.3) is 17.1 Å². The summed E-state index contributed by atoms with van der Waals surface area (Å²) in [6, 6.07) is 25.2. The van der Waals surface area contributed by atoms with Crippen LogP contribution in [-0.2, 0) is 9.53 Å². The van der Waals surface area contributed by atoms with Crippen LogP contribution >= 0.6 is 0 Å². The van der Waals surface area contributed by atoms with Crippen molar-refractivity contribution in [2.45, 2.75) is 6.92 Å². The number of aromatic nitrogens is 3. The molecule has 0 saturated carbocycles. The van der Waals surface area contributed by atoms with E-state index in [9.17, 15) is 14.4 Å². The maximum absolute atomic E-state index is 12.6. The molecule has 1 heterocycles. The molecule has 0 aliphatic carbocycles. The minimum absolute atomic E-state index is 0.172. The summed E-state index contributed by atoms with van der Waals surface area (Å²) in [4.78, 5) is 41.0. The van der Waals surface area contributed by atoms with Crippen LogP contribution in [0.4, 0.5) is 5.69 Å². The number of hydrogen-bond acceptors (Lipinski definition) is 6. The number of carbonyl (C=O) groups is 3. The van der Waals surface area contributed by atoms with Crippen molar-refractivity contribution in [3.05, 3.63) is 96.3 Å². The van der Waals surface area contributed by atoms with Crippen molar-refractivity contribution in [1.29, 1.82) is 0 Å². The molecule has 0 saturated heterocycles. The number of ketones is 1. The van der Waals surface area contributed by atoms with Gasteiger partial charge in [-0.15, -0.1) is 5.10 Å². The Morgan fingerprint density at radius 2 is 1.52 bits per heavy atom. The quantitative estimate of drug-likeness (QED) is 0.345. The third-order valence-corrected chi connectivity index (χ3v) is 4.74. The van der Waals surface area contributed by atoms with E-state index in [0.717, 1.165) is 11.3 Å². The van der Waals surface area contributed by atoms with Crippen molar-refractivity contribution in [1.82, 2.24) is 14.8 Å². The Labute approximate surface area is 189 Å². The van der Waals surface area contributed by atoms with E-state index in [1.807, 2.05) is 60.7 Å². The average Bonchev–Trinajstić information content (AvgIpc) is 3.29. The third-order valence-electron chi connectivity index (χ3n) is 4.74. The number of benzene rings is 3. The lowest BCUT2D eigenvalue weighted by Gasteiger charge is -2.08. The molecule has 4 rings (SSSR count). The minimum Gasteiger partial charge on any atom is -0.450 e. The first-order chi connectivity index (χ1) is 16.0. The highest BCUT2D eigenvalue weighted by atomic mass is 16.5. The van der Waals surface area contributed by atoms with Crippen molar-refractivity contribution in [3.8, 4) is 17.1 Å². The summed E-state index contributed by atoms with van der Waals surface area (Å²) < 4.78 is 6.68. The molecule has 1 amide bonds. The smallest absolute Gasteiger partial charge is 0.378 e. The van der Waals surface area contributed by atoms with Crippen LogP contribution in [0.3, 0.4) is 0 Å². The van der Waals surface area contributed by atoms with E-state index in [1.54, 1.807) is 28.9 Å². The Hall–Kier alpha value is -4.59. The molecular weight excluding hydrogens is 420 g/mol. The van der Waals surface area contributed by atoms with Gasteiger partial charge in [-0.2, -0.15) is 0 Å². The van der Waals surface area contributed by atoms with Crippen molar-refractivity contribution in [2.24, 2.45) is 0 Å². The zero-order valence-electron chi connectivity index (χ0n) is 17.8. The number of hydrogen-bond donors (Lipinski definition) is 1. The highest BCUT2D eigenvalue weighted by molar-refractivity contribution is 6.04. The van der Waals surface area contributed by atoms with Crippen LogP contribution in [0.15, 0.2) is 84.9 Å². The summed E-state index contributed by atoms with van der Waals surface area (Å²) >= 11 is 0. The highest BCUT2D eigenvalue weighted by Crippen LogP contribution is 2.21. The molecule has 0 unspecified atom stereocenters. The van der Waals surface area contributed by atoms with Gasteiger partial charge in [0.2, 0.25) is 0 Å². The first-order valence-corrected chi connectivity index (χ1v) is 10.2. The molecule has 3 aromatic carbocycles. The van der Waals surface area contributed by atoms with Crippen LogP contribution in [0.1, 0.15) is 27.9 Å². The predicted octanol–water partition coefficient (Wildman–Crippen LogP) is 3.93. The van der Waals surface area contributed by atoms with Gasteiger partial charge in [-0.05, 0) is 31.2 Å². The van der Waals surface area contributed by atoms with Crippen molar-refractivity contribution < 1.29 is 19.1 Å². The van der Waals surface area contributed by atoms with Gasteiger partial charge in [0.15, 0.2) is 18.2 Å². The van der Waals surface area contributed by atoms with Gasteiger partial charge in [-0.25, -0.2) is 14.5 Å². The maximum atomic E-state index is 12.6. The molecule has 1 aromatic heterocycles. The molecule has 0 bridgehead atoms. The molecule has 8 nitrogen and oxygen atoms in total. The molecule has 1 N–H and O–H groups in total. The lowest BCUT2D eigenvalue weighted by atomic mass is 10.1. The first-order valence-electron chi connectivity index (χ1n) is 10.2. The van der Waals surface area contributed by atoms with Gasteiger partial charge < -0.3 is 10.1 Å². The fourth-order valence-corrected chi connectivity index (χ4v) is 3.20. The molecule has 0 aliphatic heterocycles. The highest BCUT2D eigenvalue weighted by Gasteiger charge is 2.21. The number of nitrogens with one attached hydrogen (secondary N) is 1. The van der Waals surface area contributed by atoms with Gasteiger partial charge in [0.25, 0.3) is 11.7 Å². The Kier molecular flexibility index (Phi) is 6.36. The second-order valence-corrected chi connectivity index (χ2v) is 7.10. The molecule has 0 aliphatic rings. The SMILES string of the molecule is CC(=O)c1ccccc1NC(=O)COC(=O)c1nc(-c2ccccc2)n(-c2ccccc2)n1. The van der Waals surface area contributed by atoms with Crippen LogP contribution in [0.2, 0.25) is 0 Å². The van der Waals surface area contributed by atoms with E-state index in [1.165, 1.54) is 6.92 Å². The lowest BCUT2D eigenvalue weighted by Crippen LogP contribution is -2.22. The van der Waals surface area contributed by atoms with Crippen molar-refractivity contribution in [3.63, 3.8) is 0 Å². The molecule has 0 radical (unpaired) electrons. The fourth-order valence-electron chi connectivity index (χ4n) is 3.20. The standard InChI is InChI=1S/C25H20N4O4/c1-17(30)20-14-8-9-15-21(20)26-22(31)16-33-25(32)23-27-24(18-10-4-2-5-11-18)29(28-23)19-12-6-3-7-13-19/h2-15H,16H2,1H3,(H,26,31). The number of Topliss-reactive ketones (excluding diaryl/α,β-unsaturated/α-hetero) is 1. The van der Waals surface area contributed by atoms with Crippen molar-refractivity contribution >= 4 is 23.3 Å². The van der Waals surface area contributed by atoms with E-state index in [-0.39, 0.29) is 11.6 Å². The normalized spacial score (nSPS) is 10.5. The predicted molar refractivity (Wildman–Crippen MR) is 122 cm³/mol. The lowest BCUT2D eigenvalue weighted by molar-refractivity contribution is -0.119. The molecule has 0 atom stereocenters. The monoisotopic (exact) mass is 440 g/mol. The summed E-state index contributed by atoms with van der Waals surface area (Å²) in [5.74, 6) is -1.31. The summed E-state index contributed by atoms with van der Waals surface area (Å²) in [6.45, 7) is 0.857. The summed E-state index contributed by atoms with van der Waals surface area (Å²) in [6.07, 6.45) is 0. The average molecular weight is 440 g/mol. The zero-order chi connectivity index (χ0) is 23.2. The van der Waals surface area contributed by atoms with E-state index < -0.39 is 18.5 Å². The number of carbonyl (C=O) groups excluding carboxylic acids is 3. The minimum atomic E-state index is -0.836. The van der Waals surface area contributed by atoms with E-state index in [4.69, 9.17) is 4.74 Å². The summed E-state index contributed by atoms with van der Waals surface area (Å²) in [5, 5.41) is 6.89. The number of amides is 1. The van der Waals surface area contributed by atoms with Gasteiger partial charge in [-0.3, -0.25) is 9.59 Å². The summed E-state index contributed by atoms with van der Waals surface area (Å²) in [7, 11) is 0. The largest absolute Gasteiger partial charge is 0.450 e. The maximum Gasteiger partial charge on any atom is 0.378 e. The molecule has 0 fully saturated rings. The molecule has 8 heteroatoms.